The standard InChI is InChI=1S/C10H21NO/c1-3-8(2)11-9-4-6-10(12)7-5-9/h8-12H,3-7H2,1-2H3/t8?,9-,10-. The van der Waals surface area contributed by atoms with Crippen molar-refractivity contribution in [2.75, 3.05) is 0 Å². The molecule has 0 aromatic carbocycles. The topological polar surface area (TPSA) is 32.3 Å². The van der Waals surface area contributed by atoms with E-state index in [1.165, 1.54) is 6.42 Å². The number of aliphatic hydroxyl groups is 1. The highest BCUT2D eigenvalue weighted by atomic mass is 16.3. The van der Waals surface area contributed by atoms with Crippen molar-refractivity contribution in [3.8, 4) is 0 Å². The lowest BCUT2D eigenvalue weighted by atomic mass is 9.92. The maximum atomic E-state index is 9.29. The zero-order chi connectivity index (χ0) is 8.97. The average Bonchev–Trinajstić information content (AvgIpc) is 2.09. The van der Waals surface area contributed by atoms with Crippen LogP contribution in [0.5, 0.6) is 0 Å². The maximum Gasteiger partial charge on any atom is 0.0541 e. The molecule has 0 aromatic heterocycles. The molecule has 2 nitrogen and oxygen atoms in total. The molecule has 0 radical (unpaired) electrons. The molecule has 1 fully saturated rings. The Bertz CT molecular complexity index is 119. The van der Waals surface area contributed by atoms with Crippen LogP contribution in [0, 0.1) is 0 Å². The molecule has 0 aromatic rings. The van der Waals surface area contributed by atoms with Crippen molar-refractivity contribution in [2.45, 2.75) is 64.1 Å². The first kappa shape index (κ1) is 10.0. The summed E-state index contributed by atoms with van der Waals surface area (Å²) in [5.74, 6) is 0. The average molecular weight is 171 g/mol. The van der Waals surface area contributed by atoms with Crippen molar-refractivity contribution in [3.63, 3.8) is 0 Å². The van der Waals surface area contributed by atoms with Crippen LogP contribution in [0.4, 0.5) is 0 Å². The van der Waals surface area contributed by atoms with Gasteiger partial charge in [0.15, 0.2) is 0 Å². The Balaban J connectivity index is 2.17. The fraction of sp³-hybridized carbons (Fsp3) is 1.00. The molecule has 2 heteroatoms. The summed E-state index contributed by atoms with van der Waals surface area (Å²) in [7, 11) is 0. The Morgan fingerprint density at radius 1 is 1.33 bits per heavy atom. The van der Waals surface area contributed by atoms with Gasteiger partial charge in [-0.2, -0.15) is 0 Å². The largest absolute Gasteiger partial charge is 0.393 e. The zero-order valence-electron chi connectivity index (χ0n) is 8.21. The molecule has 1 atom stereocenters. The van der Waals surface area contributed by atoms with Gasteiger partial charge in [-0.3, -0.25) is 0 Å². The van der Waals surface area contributed by atoms with Crippen LogP contribution >= 0.6 is 0 Å². The Hall–Kier alpha value is -0.0800. The van der Waals surface area contributed by atoms with E-state index in [-0.39, 0.29) is 6.10 Å². The molecule has 0 spiro atoms. The second-order valence-electron chi connectivity index (χ2n) is 3.98. The van der Waals surface area contributed by atoms with Gasteiger partial charge in [0.2, 0.25) is 0 Å². The van der Waals surface area contributed by atoms with Gasteiger partial charge in [0.05, 0.1) is 6.10 Å². The quantitative estimate of drug-likeness (QED) is 0.677. The molecule has 1 aliphatic rings. The molecule has 2 N–H and O–H groups in total. The molecule has 0 saturated heterocycles. The van der Waals surface area contributed by atoms with Crippen LogP contribution in [0.15, 0.2) is 0 Å². The number of hydrogen-bond acceptors (Lipinski definition) is 2. The van der Waals surface area contributed by atoms with Crippen LogP contribution < -0.4 is 5.32 Å². The molecule has 1 rings (SSSR count). The Morgan fingerprint density at radius 3 is 2.42 bits per heavy atom. The van der Waals surface area contributed by atoms with Gasteiger partial charge in [0, 0.05) is 12.1 Å². The SMILES string of the molecule is CCC(C)N[C@H]1CC[C@H](O)CC1. The molecule has 0 bridgehead atoms. The highest BCUT2D eigenvalue weighted by Gasteiger charge is 2.19. The van der Waals surface area contributed by atoms with Crippen molar-refractivity contribution in [1.29, 1.82) is 0 Å². The molecular weight excluding hydrogens is 150 g/mol. The number of nitrogens with one attached hydrogen (secondary N) is 1. The van der Waals surface area contributed by atoms with Crippen molar-refractivity contribution >= 4 is 0 Å². The molecule has 1 saturated carbocycles. The van der Waals surface area contributed by atoms with Gasteiger partial charge in [0.1, 0.15) is 0 Å². The van der Waals surface area contributed by atoms with Crippen LogP contribution in [-0.2, 0) is 0 Å². The first-order valence-corrected chi connectivity index (χ1v) is 5.16. The van der Waals surface area contributed by atoms with E-state index < -0.39 is 0 Å². The number of rotatable bonds is 3. The van der Waals surface area contributed by atoms with Gasteiger partial charge >= 0.3 is 0 Å². The molecule has 0 aliphatic heterocycles. The predicted octanol–water partition coefficient (Wildman–Crippen LogP) is 1.68. The van der Waals surface area contributed by atoms with E-state index in [1.807, 2.05) is 0 Å². The maximum absolute atomic E-state index is 9.29. The summed E-state index contributed by atoms with van der Waals surface area (Å²) in [6.07, 6.45) is 5.41. The second kappa shape index (κ2) is 4.83. The van der Waals surface area contributed by atoms with Crippen LogP contribution in [-0.4, -0.2) is 23.3 Å². The minimum atomic E-state index is -0.0278. The summed E-state index contributed by atoms with van der Waals surface area (Å²) >= 11 is 0. The van der Waals surface area contributed by atoms with Gasteiger partial charge in [-0.05, 0) is 39.0 Å². The number of hydrogen-bond donors (Lipinski definition) is 2. The molecule has 0 heterocycles. The molecular formula is C10H21NO. The van der Waals surface area contributed by atoms with Crippen molar-refractivity contribution < 1.29 is 5.11 Å². The van der Waals surface area contributed by atoms with Gasteiger partial charge in [-0.1, -0.05) is 6.92 Å². The predicted molar refractivity (Wildman–Crippen MR) is 51.2 cm³/mol. The summed E-state index contributed by atoms with van der Waals surface area (Å²) in [6.45, 7) is 4.43. The summed E-state index contributed by atoms with van der Waals surface area (Å²) < 4.78 is 0. The normalized spacial score (nSPS) is 33.2. The van der Waals surface area contributed by atoms with Gasteiger partial charge in [-0.15, -0.1) is 0 Å². The van der Waals surface area contributed by atoms with E-state index in [2.05, 4.69) is 19.2 Å². The van der Waals surface area contributed by atoms with E-state index in [4.69, 9.17) is 0 Å². The summed E-state index contributed by atoms with van der Waals surface area (Å²) in [5, 5.41) is 12.9. The van der Waals surface area contributed by atoms with Crippen LogP contribution in [0.25, 0.3) is 0 Å². The van der Waals surface area contributed by atoms with E-state index >= 15 is 0 Å². The van der Waals surface area contributed by atoms with Crippen LogP contribution in [0.1, 0.15) is 46.0 Å². The van der Waals surface area contributed by atoms with E-state index in [0.29, 0.717) is 12.1 Å². The van der Waals surface area contributed by atoms with Crippen molar-refractivity contribution in [1.82, 2.24) is 5.32 Å². The molecule has 0 amide bonds. The smallest absolute Gasteiger partial charge is 0.0541 e. The Labute approximate surface area is 75.4 Å². The highest BCUT2D eigenvalue weighted by Crippen LogP contribution is 2.18. The fourth-order valence-corrected chi connectivity index (χ4v) is 1.76. The minimum absolute atomic E-state index is 0.0278. The number of aliphatic hydroxyl groups excluding tert-OH is 1. The Morgan fingerprint density at radius 2 is 1.92 bits per heavy atom. The van der Waals surface area contributed by atoms with E-state index in [1.54, 1.807) is 0 Å². The molecule has 72 valence electrons. The first-order chi connectivity index (χ1) is 5.72. The lowest BCUT2D eigenvalue weighted by Gasteiger charge is -2.28. The third-order valence-corrected chi connectivity index (χ3v) is 2.83. The lowest BCUT2D eigenvalue weighted by molar-refractivity contribution is 0.114. The van der Waals surface area contributed by atoms with Crippen LogP contribution in [0.2, 0.25) is 0 Å². The monoisotopic (exact) mass is 171 g/mol. The van der Waals surface area contributed by atoms with Gasteiger partial charge < -0.3 is 10.4 Å². The highest BCUT2D eigenvalue weighted by molar-refractivity contribution is 4.78. The van der Waals surface area contributed by atoms with Crippen molar-refractivity contribution in [3.05, 3.63) is 0 Å². The van der Waals surface area contributed by atoms with E-state index in [9.17, 15) is 5.11 Å². The third-order valence-electron chi connectivity index (χ3n) is 2.83. The second-order valence-corrected chi connectivity index (χ2v) is 3.98. The first-order valence-electron chi connectivity index (χ1n) is 5.16. The fourth-order valence-electron chi connectivity index (χ4n) is 1.76. The van der Waals surface area contributed by atoms with Gasteiger partial charge in [0.25, 0.3) is 0 Å². The Kier molecular flexibility index (Phi) is 4.02. The van der Waals surface area contributed by atoms with Crippen molar-refractivity contribution in [2.24, 2.45) is 0 Å². The summed E-state index contributed by atoms with van der Waals surface area (Å²) in [6, 6.07) is 1.29. The van der Waals surface area contributed by atoms with Gasteiger partial charge in [-0.25, -0.2) is 0 Å². The van der Waals surface area contributed by atoms with Crippen LogP contribution in [0.3, 0.4) is 0 Å². The third kappa shape index (κ3) is 3.11. The summed E-state index contributed by atoms with van der Waals surface area (Å²) in [4.78, 5) is 0. The summed E-state index contributed by atoms with van der Waals surface area (Å²) in [5.41, 5.74) is 0. The minimum Gasteiger partial charge on any atom is -0.393 e. The molecule has 1 aliphatic carbocycles. The van der Waals surface area contributed by atoms with E-state index in [0.717, 1.165) is 25.7 Å². The lowest BCUT2D eigenvalue weighted by Crippen LogP contribution is -2.39. The molecule has 1 unspecified atom stereocenters. The zero-order valence-corrected chi connectivity index (χ0v) is 8.21. The molecule has 12 heavy (non-hydrogen) atoms.